The molecule has 3 aromatic rings. The molecule has 0 unspecified atom stereocenters. The van der Waals surface area contributed by atoms with Gasteiger partial charge in [-0.3, -0.25) is 14.9 Å². The molecule has 0 saturated heterocycles. The van der Waals surface area contributed by atoms with Crippen LogP contribution in [0.2, 0.25) is 0 Å². The second-order valence-electron chi connectivity index (χ2n) is 5.77. The van der Waals surface area contributed by atoms with Crippen LogP contribution in [0.1, 0.15) is 20.8 Å². The number of thiophene rings is 1. The lowest BCUT2D eigenvalue weighted by atomic mass is 10.2. The molecule has 1 aromatic heterocycles. The van der Waals surface area contributed by atoms with Gasteiger partial charge >= 0.3 is 0 Å². The molecule has 3 rings (SSSR count). The zero-order valence-electron chi connectivity index (χ0n) is 14.3. The molecule has 0 saturated carbocycles. The van der Waals surface area contributed by atoms with E-state index in [1.807, 2.05) is 0 Å². The molecule has 0 radical (unpaired) electrons. The summed E-state index contributed by atoms with van der Waals surface area (Å²) in [6.45, 7) is 1.84. The summed E-state index contributed by atoms with van der Waals surface area (Å²) < 4.78 is 19.0. The molecule has 27 heavy (non-hydrogen) atoms. The van der Waals surface area contributed by atoms with Crippen molar-refractivity contribution in [1.82, 2.24) is 0 Å². The Kier molecular flexibility index (Phi) is 5.46. The Hall–Kier alpha value is -3.26. The standard InChI is InChI=1S/C19H15FN2O4S/c1-12-6-7-15(16(8-12)22(24)25)21-19(23)18-9-13(11-27-18)10-26-17-5-3-2-4-14(17)20/h2-9,11H,10H2,1H3,(H,21,23). The minimum absolute atomic E-state index is 0.107. The van der Waals surface area contributed by atoms with Gasteiger partial charge in [0.2, 0.25) is 0 Å². The molecule has 0 aliphatic carbocycles. The topological polar surface area (TPSA) is 81.5 Å². The molecule has 0 fully saturated rings. The number of nitro benzene ring substituents is 1. The maximum atomic E-state index is 13.6. The molecule has 8 heteroatoms. The number of nitrogens with one attached hydrogen (secondary N) is 1. The smallest absolute Gasteiger partial charge is 0.293 e. The summed E-state index contributed by atoms with van der Waals surface area (Å²) in [7, 11) is 0. The van der Waals surface area contributed by atoms with Gasteiger partial charge in [0.25, 0.3) is 11.6 Å². The number of aryl methyl sites for hydroxylation is 1. The third-order valence-corrected chi connectivity index (χ3v) is 4.68. The van der Waals surface area contributed by atoms with Gasteiger partial charge in [-0.2, -0.15) is 0 Å². The van der Waals surface area contributed by atoms with E-state index in [1.165, 1.54) is 35.6 Å². The van der Waals surface area contributed by atoms with Crippen molar-refractivity contribution in [2.75, 3.05) is 5.32 Å². The number of nitrogens with zero attached hydrogens (tertiary/aromatic N) is 1. The van der Waals surface area contributed by atoms with Crippen molar-refractivity contribution in [3.8, 4) is 5.75 Å². The van der Waals surface area contributed by atoms with Gasteiger partial charge in [-0.25, -0.2) is 4.39 Å². The molecule has 6 nitrogen and oxygen atoms in total. The molecule has 0 aliphatic rings. The fourth-order valence-corrected chi connectivity index (χ4v) is 3.17. The first-order valence-corrected chi connectivity index (χ1v) is 8.83. The number of carbonyl (C=O) groups is 1. The minimum Gasteiger partial charge on any atom is -0.486 e. The largest absolute Gasteiger partial charge is 0.486 e. The number of halogens is 1. The number of rotatable bonds is 6. The lowest BCUT2D eigenvalue weighted by molar-refractivity contribution is -0.384. The molecule has 1 N–H and O–H groups in total. The quantitative estimate of drug-likeness (QED) is 0.481. The third-order valence-electron chi connectivity index (χ3n) is 3.71. The third kappa shape index (κ3) is 4.48. The number of para-hydroxylation sites is 1. The van der Waals surface area contributed by atoms with E-state index in [4.69, 9.17) is 4.74 Å². The van der Waals surface area contributed by atoms with E-state index in [2.05, 4.69) is 5.32 Å². The molecule has 0 atom stereocenters. The molecule has 0 spiro atoms. The predicted molar refractivity (Wildman–Crippen MR) is 101 cm³/mol. The van der Waals surface area contributed by atoms with Crippen LogP contribution in [0.4, 0.5) is 15.8 Å². The average Bonchev–Trinajstić information content (AvgIpc) is 3.11. The number of hydrogen-bond donors (Lipinski definition) is 1. The van der Waals surface area contributed by atoms with E-state index in [1.54, 1.807) is 36.6 Å². The van der Waals surface area contributed by atoms with Crippen molar-refractivity contribution in [2.24, 2.45) is 0 Å². The SMILES string of the molecule is Cc1ccc(NC(=O)c2cc(COc3ccccc3F)cs2)c([N+](=O)[O-])c1. The van der Waals surface area contributed by atoms with Crippen molar-refractivity contribution >= 4 is 28.6 Å². The maximum Gasteiger partial charge on any atom is 0.293 e. The second kappa shape index (κ2) is 7.96. The molecule has 1 amide bonds. The zero-order valence-corrected chi connectivity index (χ0v) is 15.1. The van der Waals surface area contributed by atoms with Gasteiger partial charge in [0, 0.05) is 11.6 Å². The molecular weight excluding hydrogens is 371 g/mol. The van der Waals surface area contributed by atoms with Crippen LogP contribution in [0.15, 0.2) is 53.9 Å². The summed E-state index contributed by atoms with van der Waals surface area (Å²) in [5.74, 6) is -0.786. The molecule has 138 valence electrons. The van der Waals surface area contributed by atoms with Gasteiger partial charge in [-0.15, -0.1) is 11.3 Å². The number of ether oxygens (including phenoxy) is 1. The number of nitro groups is 1. The van der Waals surface area contributed by atoms with E-state index in [9.17, 15) is 19.3 Å². The van der Waals surface area contributed by atoms with Crippen molar-refractivity contribution < 1.29 is 18.8 Å². The van der Waals surface area contributed by atoms with Crippen LogP contribution in [0.25, 0.3) is 0 Å². The number of hydrogen-bond acceptors (Lipinski definition) is 5. The lowest BCUT2D eigenvalue weighted by Crippen LogP contribution is -2.11. The van der Waals surface area contributed by atoms with Crippen LogP contribution in [0.3, 0.4) is 0 Å². The molecule has 0 bridgehead atoms. The minimum atomic E-state index is -0.537. The normalized spacial score (nSPS) is 10.4. The Morgan fingerprint density at radius 1 is 1.26 bits per heavy atom. The van der Waals surface area contributed by atoms with Crippen LogP contribution in [0.5, 0.6) is 5.75 Å². The van der Waals surface area contributed by atoms with Gasteiger partial charge in [-0.1, -0.05) is 18.2 Å². The van der Waals surface area contributed by atoms with E-state index in [0.29, 0.717) is 10.4 Å². The lowest BCUT2D eigenvalue weighted by Gasteiger charge is -2.06. The fourth-order valence-electron chi connectivity index (χ4n) is 2.38. The summed E-state index contributed by atoms with van der Waals surface area (Å²) >= 11 is 1.18. The van der Waals surface area contributed by atoms with Crippen molar-refractivity contribution in [2.45, 2.75) is 13.5 Å². The molecular formula is C19H15FN2O4S. The highest BCUT2D eigenvalue weighted by Crippen LogP contribution is 2.27. The van der Waals surface area contributed by atoms with E-state index in [0.717, 1.165) is 5.56 Å². The first-order valence-electron chi connectivity index (χ1n) is 7.95. The highest BCUT2D eigenvalue weighted by atomic mass is 32.1. The summed E-state index contributed by atoms with van der Waals surface area (Å²) in [5.41, 5.74) is 1.39. The highest BCUT2D eigenvalue weighted by Gasteiger charge is 2.18. The summed E-state index contributed by atoms with van der Waals surface area (Å²) in [5, 5.41) is 15.4. The predicted octanol–water partition coefficient (Wildman–Crippen LogP) is 4.94. The second-order valence-corrected chi connectivity index (χ2v) is 6.68. The number of anilines is 1. The maximum absolute atomic E-state index is 13.6. The monoisotopic (exact) mass is 386 g/mol. The van der Waals surface area contributed by atoms with Crippen LogP contribution in [-0.2, 0) is 6.61 Å². The zero-order chi connectivity index (χ0) is 19.4. The summed E-state index contributed by atoms with van der Waals surface area (Å²) in [6.07, 6.45) is 0. The molecule has 2 aromatic carbocycles. The molecule has 1 heterocycles. The highest BCUT2D eigenvalue weighted by molar-refractivity contribution is 7.12. The van der Waals surface area contributed by atoms with Gasteiger partial charge in [0.1, 0.15) is 12.3 Å². The van der Waals surface area contributed by atoms with Crippen LogP contribution in [-0.4, -0.2) is 10.8 Å². The molecule has 0 aliphatic heterocycles. The Morgan fingerprint density at radius 3 is 2.78 bits per heavy atom. The Morgan fingerprint density at radius 2 is 2.04 bits per heavy atom. The van der Waals surface area contributed by atoms with Gasteiger partial charge < -0.3 is 10.1 Å². The van der Waals surface area contributed by atoms with Crippen molar-refractivity contribution in [1.29, 1.82) is 0 Å². The van der Waals surface area contributed by atoms with Crippen LogP contribution >= 0.6 is 11.3 Å². The first-order chi connectivity index (χ1) is 12.9. The first kappa shape index (κ1) is 18.5. The van der Waals surface area contributed by atoms with Gasteiger partial charge in [0.05, 0.1) is 9.80 Å². The summed E-state index contributed by atoms with van der Waals surface area (Å²) in [4.78, 5) is 23.4. The Bertz CT molecular complexity index is 1000. The van der Waals surface area contributed by atoms with E-state index in [-0.39, 0.29) is 23.7 Å². The number of carbonyl (C=O) groups excluding carboxylic acids is 1. The van der Waals surface area contributed by atoms with Crippen LogP contribution in [0, 0.1) is 22.9 Å². The summed E-state index contributed by atoms with van der Waals surface area (Å²) in [6, 6.07) is 12.3. The van der Waals surface area contributed by atoms with E-state index >= 15 is 0 Å². The average molecular weight is 386 g/mol. The van der Waals surface area contributed by atoms with E-state index < -0.39 is 16.6 Å². The van der Waals surface area contributed by atoms with Crippen molar-refractivity contribution in [3.05, 3.63) is 85.8 Å². The van der Waals surface area contributed by atoms with Gasteiger partial charge in [0.15, 0.2) is 11.6 Å². The Labute approximate surface area is 158 Å². The van der Waals surface area contributed by atoms with Crippen molar-refractivity contribution in [3.63, 3.8) is 0 Å². The number of benzene rings is 2. The number of amides is 1. The Balaban J connectivity index is 1.69. The fraction of sp³-hybridized carbons (Fsp3) is 0.105. The van der Waals surface area contributed by atoms with Gasteiger partial charge in [-0.05, 0) is 42.1 Å². The van der Waals surface area contributed by atoms with Crippen LogP contribution < -0.4 is 10.1 Å².